The molecule has 0 aromatic heterocycles. The van der Waals surface area contributed by atoms with Crippen LogP contribution in [-0.4, -0.2) is 44.1 Å². The number of benzene rings is 2. The van der Waals surface area contributed by atoms with Crippen molar-refractivity contribution in [1.29, 1.82) is 0 Å². The van der Waals surface area contributed by atoms with E-state index in [4.69, 9.17) is 9.47 Å². The maximum Gasteiger partial charge on any atom is 0.325 e. The summed E-state index contributed by atoms with van der Waals surface area (Å²) in [6.45, 7) is 4.14. The summed E-state index contributed by atoms with van der Waals surface area (Å²) in [5.74, 6) is -0.680. The monoisotopic (exact) mass is 398 g/mol. The molecule has 0 spiro atoms. The van der Waals surface area contributed by atoms with E-state index in [1.54, 1.807) is 24.3 Å². The maximum absolute atomic E-state index is 12.0. The number of amides is 2. The Kier molecular flexibility index (Phi) is 8.69. The van der Waals surface area contributed by atoms with E-state index in [-0.39, 0.29) is 25.0 Å². The molecule has 0 bridgehead atoms. The first-order valence-corrected chi connectivity index (χ1v) is 9.48. The average Bonchev–Trinajstić information content (AvgIpc) is 2.75. The second kappa shape index (κ2) is 11.5. The predicted octanol–water partition coefficient (Wildman–Crippen LogP) is 2.28. The minimum atomic E-state index is -0.685. The van der Waals surface area contributed by atoms with Gasteiger partial charge < -0.3 is 20.1 Å². The first-order chi connectivity index (χ1) is 14.0. The molecule has 7 nitrogen and oxygen atoms in total. The third-order valence-corrected chi connectivity index (χ3v) is 4.16. The second-order valence-electron chi connectivity index (χ2n) is 6.42. The zero-order chi connectivity index (χ0) is 21.1. The molecule has 0 saturated carbocycles. The van der Waals surface area contributed by atoms with Gasteiger partial charge in [-0.25, -0.2) is 0 Å². The Bertz CT molecular complexity index is 806. The van der Waals surface area contributed by atoms with Gasteiger partial charge in [0.05, 0.1) is 6.61 Å². The van der Waals surface area contributed by atoms with Gasteiger partial charge in [-0.05, 0) is 42.7 Å². The normalized spacial score (nSPS) is 11.2. The molecule has 0 aliphatic carbocycles. The third kappa shape index (κ3) is 7.65. The van der Waals surface area contributed by atoms with Crippen LogP contribution in [0.25, 0.3) is 0 Å². The number of carbonyl (C=O) groups excluding carboxylic acids is 3. The summed E-state index contributed by atoms with van der Waals surface area (Å²) in [4.78, 5) is 35.6. The fourth-order valence-corrected chi connectivity index (χ4v) is 2.54. The molecule has 0 saturated heterocycles. The summed E-state index contributed by atoms with van der Waals surface area (Å²) < 4.78 is 10.2. The molecular formula is C22H26N2O5. The summed E-state index contributed by atoms with van der Waals surface area (Å²) in [6, 6.07) is 16.4. The molecule has 0 aliphatic heterocycles. The van der Waals surface area contributed by atoms with E-state index in [0.29, 0.717) is 24.5 Å². The molecule has 2 aromatic carbocycles. The third-order valence-electron chi connectivity index (χ3n) is 4.16. The molecule has 0 aliphatic rings. The van der Waals surface area contributed by atoms with Crippen molar-refractivity contribution in [3.05, 3.63) is 65.7 Å². The summed E-state index contributed by atoms with van der Waals surface area (Å²) in [7, 11) is 0. The van der Waals surface area contributed by atoms with Crippen molar-refractivity contribution in [3.8, 4) is 5.75 Å². The van der Waals surface area contributed by atoms with Crippen molar-refractivity contribution in [1.82, 2.24) is 10.6 Å². The van der Waals surface area contributed by atoms with Crippen molar-refractivity contribution in [2.24, 2.45) is 0 Å². The molecule has 2 rings (SSSR count). The van der Waals surface area contributed by atoms with Crippen LogP contribution in [0.15, 0.2) is 54.6 Å². The van der Waals surface area contributed by atoms with E-state index < -0.39 is 11.9 Å². The Hall–Kier alpha value is -3.35. The smallest absolute Gasteiger partial charge is 0.325 e. The van der Waals surface area contributed by atoms with Crippen LogP contribution in [0.4, 0.5) is 0 Å². The fraction of sp³-hybridized carbons (Fsp3) is 0.318. The summed E-state index contributed by atoms with van der Waals surface area (Å²) in [5, 5.41) is 5.19. The van der Waals surface area contributed by atoms with Crippen molar-refractivity contribution >= 4 is 17.8 Å². The first-order valence-electron chi connectivity index (χ1n) is 9.48. The predicted molar refractivity (Wildman–Crippen MR) is 109 cm³/mol. The minimum absolute atomic E-state index is 0.143. The van der Waals surface area contributed by atoms with Crippen molar-refractivity contribution < 1.29 is 23.9 Å². The van der Waals surface area contributed by atoms with Gasteiger partial charge in [0.25, 0.3) is 11.8 Å². The van der Waals surface area contributed by atoms with Crippen LogP contribution in [0, 0.1) is 0 Å². The number of nitrogens with one attached hydrogen (secondary N) is 2. The number of esters is 1. The topological polar surface area (TPSA) is 93.7 Å². The van der Waals surface area contributed by atoms with E-state index in [1.165, 1.54) is 0 Å². The van der Waals surface area contributed by atoms with Gasteiger partial charge >= 0.3 is 5.97 Å². The highest BCUT2D eigenvalue weighted by Gasteiger charge is 2.12. The number of carbonyl (C=O) groups is 3. The van der Waals surface area contributed by atoms with E-state index in [1.807, 2.05) is 44.2 Å². The molecule has 7 heteroatoms. The fourth-order valence-electron chi connectivity index (χ4n) is 2.54. The number of hydrogen-bond acceptors (Lipinski definition) is 5. The van der Waals surface area contributed by atoms with Crippen LogP contribution in [0.3, 0.4) is 0 Å². The van der Waals surface area contributed by atoms with Gasteiger partial charge in [0.15, 0.2) is 6.61 Å². The van der Waals surface area contributed by atoms with Crippen LogP contribution in [0.1, 0.15) is 35.7 Å². The molecule has 154 valence electrons. The maximum atomic E-state index is 12.0. The quantitative estimate of drug-likeness (QED) is 0.599. The molecule has 29 heavy (non-hydrogen) atoms. The zero-order valence-corrected chi connectivity index (χ0v) is 16.6. The molecule has 2 aromatic rings. The average molecular weight is 398 g/mol. The Balaban J connectivity index is 1.65. The number of rotatable bonds is 10. The van der Waals surface area contributed by atoms with Crippen LogP contribution in [0.2, 0.25) is 0 Å². The van der Waals surface area contributed by atoms with Gasteiger partial charge in [0, 0.05) is 12.1 Å². The Morgan fingerprint density at radius 3 is 2.31 bits per heavy atom. The Morgan fingerprint density at radius 1 is 0.966 bits per heavy atom. The zero-order valence-electron chi connectivity index (χ0n) is 16.6. The lowest BCUT2D eigenvalue weighted by atomic mass is 10.0. The Morgan fingerprint density at radius 2 is 1.66 bits per heavy atom. The van der Waals surface area contributed by atoms with Crippen LogP contribution in [-0.2, 0) is 14.3 Å². The van der Waals surface area contributed by atoms with E-state index in [0.717, 1.165) is 5.56 Å². The number of hydrogen-bond donors (Lipinski definition) is 2. The molecule has 2 amide bonds. The Labute approximate surface area is 170 Å². The standard InChI is InChI=1S/C22H26N2O5/c1-3-28-19-11-9-18(10-12-19)22(27)24-14-21(26)29-15-20(25)23-13-16(2)17-7-5-4-6-8-17/h4-12,16H,3,13-15H2,1-2H3,(H,23,25)(H,24,27)/t16-/m0/s1. The van der Waals surface area contributed by atoms with Crippen LogP contribution >= 0.6 is 0 Å². The summed E-state index contributed by atoms with van der Waals surface area (Å²) >= 11 is 0. The summed E-state index contributed by atoms with van der Waals surface area (Å²) in [5.41, 5.74) is 1.51. The highest BCUT2D eigenvalue weighted by molar-refractivity contribution is 5.96. The highest BCUT2D eigenvalue weighted by Crippen LogP contribution is 2.13. The van der Waals surface area contributed by atoms with Crippen LogP contribution < -0.4 is 15.4 Å². The molecular weight excluding hydrogens is 372 g/mol. The van der Waals surface area contributed by atoms with Crippen molar-refractivity contribution in [3.63, 3.8) is 0 Å². The van der Waals surface area contributed by atoms with Crippen LogP contribution in [0.5, 0.6) is 5.75 Å². The van der Waals surface area contributed by atoms with Gasteiger partial charge in [0.2, 0.25) is 0 Å². The van der Waals surface area contributed by atoms with Gasteiger partial charge in [-0.1, -0.05) is 37.3 Å². The molecule has 0 heterocycles. The second-order valence-corrected chi connectivity index (χ2v) is 6.42. The van der Waals surface area contributed by atoms with Gasteiger partial charge in [-0.2, -0.15) is 0 Å². The first kappa shape index (κ1) is 21.9. The van der Waals surface area contributed by atoms with Gasteiger partial charge in [-0.3, -0.25) is 14.4 Å². The minimum Gasteiger partial charge on any atom is -0.494 e. The van der Waals surface area contributed by atoms with Crippen molar-refractivity contribution in [2.45, 2.75) is 19.8 Å². The molecule has 0 radical (unpaired) electrons. The van der Waals surface area contributed by atoms with Gasteiger partial charge in [-0.15, -0.1) is 0 Å². The lowest BCUT2D eigenvalue weighted by molar-refractivity contribution is -0.147. The summed E-state index contributed by atoms with van der Waals surface area (Å²) in [6.07, 6.45) is 0. The van der Waals surface area contributed by atoms with Crippen molar-refractivity contribution in [2.75, 3.05) is 26.3 Å². The molecule has 0 unspecified atom stereocenters. The largest absolute Gasteiger partial charge is 0.494 e. The van der Waals surface area contributed by atoms with E-state index in [2.05, 4.69) is 10.6 Å². The highest BCUT2D eigenvalue weighted by atomic mass is 16.5. The lowest BCUT2D eigenvalue weighted by Crippen LogP contribution is -2.35. The molecule has 1 atom stereocenters. The SMILES string of the molecule is CCOc1ccc(C(=O)NCC(=O)OCC(=O)NC[C@H](C)c2ccccc2)cc1. The van der Waals surface area contributed by atoms with E-state index in [9.17, 15) is 14.4 Å². The lowest BCUT2D eigenvalue weighted by Gasteiger charge is -2.13. The van der Waals surface area contributed by atoms with Gasteiger partial charge in [0.1, 0.15) is 12.3 Å². The molecule has 0 fully saturated rings. The molecule has 2 N–H and O–H groups in total. The number of ether oxygens (including phenoxy) is 2. The van der Waals surface area contributed by atoms with E-state index >= 15 is 0 Å².